The number of hydrogen-bond donors (Lipinski definition) is 3. The van der Waals surface area contributed by atoms with Crippen molar-refractivity contribution in [3.05, 3.63) is 77.2 Å². The monoisotopic (exact) mass is 580 g/mol. The Hall–Kier alpha value is -3.14. The van der Waals surface area contributed by atoms with E-state index in [0.717, 1.165) is 55.4 Å². The molecule has 228 valence electrons. The molecule has 2 atom stereocenters. The van der Waals surface area contributed by atoms with Crippen LogP contribution in [0.4, 0.5) is 14.6 Å². The Labute approximate surface area is 249 Å². The van der Waals surface area contributed by atoms with Crippen LogP contribution in [0.2, 0.25) is 0 Å². The van der Waals surface area contributed by atoms with E-state index in [9.17, 15) is 13.6 Å². The highest BCUT2D eigenvalue weighted by atomic mass is 19.1. The first-order chi connectivity index (χ1) is 20.2. The molecule has 0 unspecified atom stereocenters. The zero-order valence-corrected chi connectivity index (χ0v) is 25.6. The van der Waals surface area contributed by atoms with Gasteiger partial charge in [0.1, 0.15) is 18.0 Å². The molecule has 1 aliphatic rings. The first-order valence-corrected chi connectivity index (χ1v) is 15.3. The number of benzene rings is 2. The first kappa shape index (κ1) is 31.8. The van der Waals surface area contributed by atoms with Crippen LogP contribution >= 0.6 is 0 Å². The highest BCUT2D eigenvalue weighted by Gasteiger charge is 2.27. The maximum Gasteiger partial charge on any atom is 0.242 e. The van der Waals surface area contributed by atoms with Gasteiger partial charge in [-0.3, -0.25) is 9.69 Å². The van der Waals surface area contributed by atoms with Crippen LogP contribution in [0.3, 0.4) is 0 Å². The Kier molecular flexibility index (Phi) is 11.2. The number of hydrogen-bond acceptors (Lipinski definition) is 5. The summed E-state index contributed by atoms with van der Waals surface area (Å²) in [6, 6.07) is 11.0. The fourth-order valence-corrected chi connectivity index (χ4v) is 5.98. The van der Waals surface area contributed by atoms with Crippen molar-refractivity contribution in [3.63, 3.8) is 0 Å². The summed E-state index contributed by atoms with van der Waals surface area (Å²) in [4.78, 5) is 20.2. The van der Waals surface area contributed by atoms with Gasteiger partial charge in [0.2, 0.25) is 5.91 Å². The van der Waals surface area contributed by atoms with Crippen molar-refractivity contribution in [2.45, 2.75) is 97.4 Å². The van der Waals surface area contributed by atoms with E-state index in [1.165, 1.54) is 6.07 Å². The van der Waals surface area contributed by atoms with Crippen LogP contribution in [0.25, 0.3) is 5.69 Å². The Morgan fingerprint density at radius 1 is 1.14 bits per heavy atom. The summed E-state index contributed by atoms with van der Waals surface area (Å²) in [5, 5.41) is 9.99. The second-order valence-corrected chi connectivity index (χ2v) is 11.9. The molecule has 0 aliphatic heterocycles. The second kappa shape index (κ2) is 14.8. The molecule has 0 bridgehead atoms. The lowest BCUT2D eigenvalue weighted by Gasteiger charge is -2.30. The molecule has 0 saturated heterocycles. The molecule has 7 nitrogen and oxygen atoms in total. The van der Waals surface area contributed by atoms with Crippen LogP contribution in [0.5, 0.6) is 0 Å². The summed E-state index contributed by atoms with van der Waals surface area (Å²) in [6.07, 6.45) is 6.73. The van der Waals surface area contributed by atoms with E-state index in [2.05, 4.69) is 59.6 Å². The van der Waals surface area contributed by atoms with Gasteiger partial charge in [-0.2, -0.15) is 0 Å². The molecule has 9 heteroatoms. The fourth-order valence-electron chi connectivity index (χ4n) is 5.98. The smallest absolute Gasteiger partial charge is 0.242 e. The maximum absolute atomic E-state index is 14.4. The average molecular weight is 581 g/mol. The van der Waals surface area contributed by atoms with E-state index >= 15 is 0 Å². The minimum atomic E-state index is -0.543. The predicted molar refractivity (Wildman–Crippen MR) is 165 cm³/mol. The number of para-hydroxylation sites is 1. The summed E-state index contributed by atoms with van der Waals surface area (Å²) in [5.41, 5.74) is 3.41. The molecule has 2 aromatic carbocycles. The van der Waals surface area contributed by atoms with E-state index in [0.29, 0.717) is 42.7 Å². The third-order valence-electron chi connectivity index (χ3n) is 8.09. The molecule has 3 N–H and O–H groups in total. The highest BCUT2D eigenvalue weighted by molar-refractivity contribution is 5.94. The van der Waals surface area contributed by atoms with Gasteiger partial charge in [0.05, 0.1) is 17.9 Å². The molecule has 42 heavy (non-hydrogen) atoms. The van der Waals surface area contributed by atoms with Crippen LogP contribution < -0.4 is 16.0 Å². The summed E-state index contributed by atoms with van der Waals surface area (Å²) >= 11 is 0. The summed E-state index contributed by atoms with van der Waals surface area (Å²) in [5.74, 6) is -0.742. The van der Waals surface area contributed by atoms with Crippen LogP contribution in [0, 0.1) is 11.6 Å². The van der Waals surface area contributed by atoms with Crippen molar-refractivity contribution in [1.82, 2.24) is 25.1 Å². The van der Waals surface area contributed by atoms with Crippen molar-refractivity contribution in [3.8, 4) is 5.69 Å². The zero-order chi connectivity index (χ0) is 30.2. The molecular formula is C33H46F2N6O. The molecule has 1 amide bonds. The van der Waals surface area contributed by atoms with Crippen molar-refractivity contribution >= 4 is 11.7 Å². The van der Waals surface area contributed by atoms with Crippen molar-refractivity contribution in [2.75, 3.05) is 18.4 Å². The van der Waals surface area contributed by atoms with Crippen LogP contribution in [-0.4, -0.2) is 57.6 Å². The third kappa shape index (κ3) is 8.24. The van der Waals surface area contributed by atoms with Gasteiger partial charge in [-0.15, -0.1) is 0 Å². The Bertz CT molecular complexity index is 1320. The van der Waals surface area contributed by atoms with Crippen LogP contribution in [-0.2, 0) is 24.2 Å². The number of fused-ring (bicyclic) bond motifs is 1. The number of carbonyl (C=O) groups excluding carboxylic acids is 1. The number of nitrogens with zero attached hydrogens (tertiary/aromatic N) is 3. The summed E-state index contributed by atoms with van der Waals surface area (Å²) in [6.45, 7) is 13.5. The number of amides is 1. The fraction of sp³-hybridized carbons (Fsp3) is 0.515. The van der Waals surface area contributed by atoms with E-state index in [-0.39, 0.29) is 11.9 Å². The minimum absolute atomic E-state index is 0.0650. The quantitative estimate of drug-likeness (QED) is 0.216. The first-order valence-electron chi connectivity index (χ1n) is 15.3. The standard InChI is InChI=1S/C33H46F2N6O/c1-6-9-30(38-27-13-12-24-16-26(34)17-29(35)28(24)18-27)33(42)39-32-20-40(21-37-32)31-11-8-7-10-25(31)19-36-14-15-41(22(2)3)23(4)5/h7-8,10-11,16-17,20-23,27,30,36,38H,6,9,12-15,18-19H2,1-5H3,(H,39,42)/t27-,30-/m0/s1. The molecule has 0 fully saturated rings. The van der Waals surface area contributed by atoms with E-state index in [4.69, 9.17) is 0 Å². The summed E-state index contributed by atoms with van der Waals surface area (Å²) < 4.78 is 30.0. The van der Waals surface area contributed by atoms with Gasteiger partial charge in [0.15, 0.2) is 5.82 Å². The van der Waals surface area contributed by atoms with E-state index in [1.54, 1.807) is 6.33 Å². The lowest BCUT2D eigenvalue weighted by atomic mass is 9.87. The predicted octanol–water partition coefficient (Wildman–Crippen LogP) is 5.61. The number of halogens is 2. The van der Waals surface area contributed by atoms with Crippen molar-refractivity contribution in [1.29, 1.82) is 0 Å². The van der Waals surface area contributed by atoms with Gasteiger partial charge in [0.25, 0.3) is 0 Å². The van der Waals surface area contributed by atoms with Crippen LogP contribution in [0.1, 0.15) is 70.6 Å². The van der Waals surface area contributed by atoms with Gasteiger partial charge in [-0.25, -0.2) is 13.8 Å². The van der Waals surface area contributed by atoms with E-state index in [1.807, 2.05) is 35.9 Å². The number of nitrogens with one attached hydrogen (secondary N) is 3. The number of imidazole rings is 1. The number of anilines is 1. The molecule has 1 heterocycles. The lowest BCUT2D eigenvalue weighted by molar-refractivity contribution is -0.118. The van der Waals surface area contributed by atoms with Crippen molar-refractivity contribution in [2.24, 2.45) is 0 Å². The maximum atomic E-state index is 14.4. The SMILES string of the molecule is CCC[C@H](N[C@H]1CCc2cc(F)cc(F)c2C1)C(=O)Nc1cn(-c2ccccc2CNCCN(C(C)C)C(C)C)cn1. The zero-order valence-electron chi connectivity index (χ0n) is 25.6. The van der Waals surface area contributed by atoms with Gasteiger partial charge in [-0.05, 0) is 82.2 Å². The number of aromatic nitrogens is 2. The van der Waals surface area contributed by atoms with Gasteiger partial charge in [0, 0.05) is 43.8 Å². The van der Waals surface area contributed by atoms with Gasteiger partial charge in [-0.1, -0.05) is 31.5 Å². The Morgan fingerprint density at radius 3 is 2.64 bits per heavy atom. The average Bonchev–Trinajstić information content (AvgIpc) is 3.41. The molecule has 1 aromatic heterocycles. The number of aryl methyl sites for hydroxylation is 1. The Morgan fingerprint density at radius 2 is 1.90 bits per heavy atom. The third-order valence-corrected chi connectivity index (χ3v) is 8.09. The molecule has 0 spiro atoms. The molecule has 0 saturated carbocycles. The molecule has 1 aliphatic carbocycles. The molecule has 3 aromatic rings. The number of rotatable bonds is 14. The molecular weight excluding hydrogens is 534 g/mol. The summed E-state index contributed by atoms with van der Waals surface area (Å²) in [7, 11) is 0. The lowest BCUT2D eigenvalue weighted by Crippen LogP contribution is -2.48. The second-order valence-electron chi connectivity index (χ2n) is 11.9. The minimum Gasteiger partial charge on any atom is -0.311 e. The number of carbonyl (C=O) groups is 1. The molecule has 4 rings (SSSR count). The topological polar surface area (TPSA) is 74.2 Å². The largest absolute Gasteiger partial charge is 0.311 e. The Balaban J connectivity index is 1.36. The van der Waals surface area contributed by atoms with Crippen molar-refractivity contribution < 1.29 is 13.6 Å². The molecule has 0 radical (unpaired) electrons. The van der Waals surface area contributed by atoms with E-state index < -0.39 is 17.7 Å². The normalized spacial score (nSPS) is 15.8. The van der Waals surface area contributed by atoms with Gasteiger partial charge >= 0.3 is 0 Å². The van der Waals surface area contributed by atoms with Gasteiger partial charge < -0.3 is 20.5 Å². The highest BCUT2D eigenvalue weighted by Crippen LogP contribution is 2.26. The van der Waals surface area contributed by atoms with Crippen LogP contribution in [0.15, 0.2) is 48.9 Å².